The van der Waals surface area contributed by atoms with Gasteiger partial charge in [-0.3, -0.25) is 14.9 Å². The molecule has 0 aliphatic rings. The minimum atomic E-state index is -3.95. The molecule has 0 aliphatic carbocycles. The maximum absolute atomic E-state index is 12.0. The Kier molecular flexibility index (Phi) is 6.11. The van der Waals surface area contributed by atoms with Crippen LogP contribution in [0.4, 0.5) is 11.4 Å². The topological polar surface area (TPSA) is 159 Å². The van der Waals surface area contributed by atoms with Crippen molar-refractivity contribution in [3.05, 3.63) is 63.2 Å². The van der Waals surface area contributed by atoms with Crippen LogP contribution in [0, 0.1) is 24.0 Å². The summed E-state index contributed by atoms with van der Waals surface area (Å²) in [4.78, 5) is 34.0. The first-order valence-corrected chi connectivity index (χ1v) is 9.39. The van der Waals surface area contributed by atoms with Gasteiger partial charge in [0.1, 0.15) is 0 Å². The summed E-state index contributed by atoms with van der Waals surface area (Å²) < 4.78 is 27.9. The predicted octanol–water partition coefficient (Wildman–Crippen LogP) is 1.65. The smallest absolute Gasteiger partial charge is 0.338 e. The van der Waals surface area contributed by atoms with E-state index in [-0.39, 0.29) is 27.4 Å². The van der Waals surface area contributed by atoms with Gasteiger partial charge in [0.05, 0.1) is 15.4 Å². The largest absolute Gasteiger partial charge is 0.452 e. The Balaban J connectivity index is 2.02. The first-order chi connectivity index (χ1) is 13.0. The lowest BCUT2D eigenvalue weighted by atomic mass is 10.1. The molecule has 1 amide bonds. The molecular weight excluding hydrogens is 390 g/mol. The molecule has 0 fully saturated rings. The molecule has 0 radical (unpaired) electrons. The lowest BCUT2D eigenvalue weighted by molar-refractivity contribution is -0.385. The zero-order valence-corrected chi connectivity index (χ0v) is 15.8. The zero-order chi connectivity index (χ0) is 21.1. The van der Waals surface area contributed by atoms with Gasteiger partial charge in [-0.05, 0) is 43.7 Å². The number of nitrogens with one attached hydrogen (secondary N) is 1. The fraction of sp³-hybridized carbons (Fsp3) is 0.176. The number of nitro benzene ring substituents is 1. The first-order valence-electron chi connectivity index (χ1n) is 7.84. The number of carbonyl (C=O) groups excluding carboxylic acids is 2. The fourth-order valence-electron chi connectivity index (χ4n) is 2.38. The van der Waals surface area contributed by atoms with Gasteiger partial charge in [0.25, 0.3) is 11.6 Å². The second-order valence-electron chi connectivity index (χ2n) is 5.91. The van der Waals surface area contributed by atoms with Crippen LogP contribution in [0.15, 0.2) is 41.3 Å². The summed E-state index contributed by atoms with van der Waals surface area (Å²) in [7, 11) is -3.95. The van der Waals surface area contributed by atoms with Gasteiger partial charge in [-0.2, -0.15) is 0 Å². The molecule has 10 nitrogen and oxygen atoms in total. The maximum atomic E-state index is 12.0. The Morgan fingerprint density at radius 2 is 1.82 bits per heavy atom. The average Bonchev–Trinajstić information content (AvgIpc) is 2.60. The molecule has 28 heavy (non-hydrogen) atoms. The molecule has 0 bridgehead atoms. The molecule has 0 atom stereocenters. The first kappa shape index (κ1) is 21.0. The number of carbonyl (C=O) groups is 2. The summed E-state index contributed by atoms with van der Waals surface area (Å²) in [6, 6.07) is 7.84. The lowest BCUT2D eigenvalue weighted by Crippen LogP contribution is -2.21. The molecule has 0 unspecified atom stereocenters. The number of aryl methyl sites for hydroxylation is 2. The van der Waals surface area contributed by atoms with E-state index in [1.54, 1.807) is 6.92 Å². The lowest BCUT2D eigenvalue weighted by Gasteiger charge is -2.09. The molecule has 2 aromatic carbocycles. The Morgan fingerprint density at radius 1 is 1.14 bits per heavy atom. The van der Waals surface area contributed by atoms with Crippen molar-refractivity contribution >= 4 is 33.3 Å². The number of ether oxygens (including phenoxy) is 1. The van der Waals surface area contributed by atoms with E-state index in [9.17, 15) is 28.1 Å². The number of sulfonamides is 1. The second kappa shape index (κ2) is 8.15. The van der Waals surface area contributed by atoms with Crippen molar-refractivity contribution in [1.82, 2.24) is 0 Å². The Bertz CT molecular complexity index is 1060. The quantitative estimate of drug-likeness (QED) is 0.418. The van der Waals surface area contributed by atoms with E-state index >= 15 is 0 Å². The zero-order valence-electron chi connectivity index (χ0n) is 15.0. The number of hydrogen-bond acceptors (Lipinski definition) is 7. The molecule has 148 valence electrons. The van der Waals surface area contributed by atoms with Crippen molar-refractivity contribution in [3.8, 4) is 0 Å². The predicted molar refractivity (Wildman–Crippen MR) is 99.3 cm³/mol. The summed E-state index contributed by atoms with van der Waals surface area (Å²) in [6.45, 7) is 2.40. The van der Waals surface area contributed by atoms with E-state index in [1.807, 2.05) is 0 Å². The standard InChI is InChI=1S/C17H17N3O7S/c1-10-3-5-13(8-15(10)28(18,25)26)19-16(21)9-27-17(22)12-4-6-14(20(23)24)11(2)7-12/h3-8H,9H2,1-2H3,(H,19,21)(H2,18,25,26). The number of hydrogen-bond donors (Lipinski definition) is 2. The van der Waals surface area contributed by atoms with Crippen LogP contribution >= 0.6 is 0 Å². The summed E-state index contributed by atoms with van der Waals surface area (Å²) in [5, 5.41) is 18.3. The van der Waals surface area contributed by atoms with Crippen LogP contribution in [-0.2, 0) is 19.6 Å². The third-order valence-electron chi connectivity index (χ3n) is 3.74. The van der Waals surface area contributed by atoms with Crippen molar-refractivity contribution in [3.63, 3.8) is 0 Å². The Morgan fingerprint density at radius 3 is 2.39 bits per heavy atom. The number of benzene rings is 2. The Hall–Kier alpha value is -3.31. The summed E-state index contributed by atoms with van der Waals surface area (Å²) in [6.07, 6.45) is 0. The SMILES string of the molecule is Cc1cc(C(=O)OCC(=O)Nc2ccc(C)c(S(N)(=O)=O)c2)ccc1[N+](=O)[O-]. The number of nitrogens with zero attached hydrogens (tertiary/aromatic N) is 1. The molecule has 0 saturated carbocycles. The van der Waals surface area contributed by atoms with Crippen LogP contribution < -0.4 is 10.5 Å². The number of primary sulfonamides is 1. The monoisotopic (exact) mass is 407 g/mol. The van der Waals surface area contributed by atoms with E-state index < -0.39 is 33.4 Å². The summed E-state index contributed by atoms with van der Waals surface area (Å²) in [5.74, 6) is -1.53. The minimum absolute atomic E-state index is 0.0581. The number of nitro groups is 1. The molecule has 0 heterocycles. The third-order valence-corrected chi connectivity index (χ3v) is 4.79. The minimum Gasteiger partial charge on any atom is -0.452 e. The highest BCUT2D eigenvalue weighted by molar-refractivity contribution is 7.89. The van der Waals surface area contributed by atoms with E-state index in [0.717, 1.165) is 0 Å². The van der Waals surface area contributed by atoms with Crippen molar-refractivity contribution in [1.29, 1.82) is 0 Å². The molecule has 2 aromatic rings. The van der Waals surface area contributed by atoms with E-state index in [0.29, 0.717) is 5.56 Å². The van der Waals surface area contributed by atoms with Gasteiger partial charge in [-0.1, -0.05) is 6.07 Å². The number of nitrogens with two attached hydrogens (primary N) is 1. The van der Waals surface area contributed by atoms with Gasteiger partial charge < -0.3 is 10.1 Å². The van der Waals surface area contributed by atoms with Gasteiger partial charge in [-0.15, -0.1) is 0 Å². The molecule has 3 N–H and O–H groups in total. The Labute approximate surface area is 160 Å². The summed E-state index contributed by atoms with van der Waals surface area (Å²) >= 11 is 0. The normalized spacial score (nSPS) is 11.0. The third kappa shape index (κ3) is 5.11. The number of amides is 1. The van der Waals surface area contributed by atoms with Crippen LogP contribution in [-0.4, -0.2) is 31.8 Å². The van der Waals surface area contributed by atoms with Crippen LogP contribution in [0.1, 0.15) is 21.5 Å². The molecule has 0 spiro atoms. The van der Waals surface area contributed by atoms with Crippen molar-refractivity contribution < 1.29 is 27.7 Å². The summed E-state index contributed by atoms with van der Waals surface area (Å²) in [5.41, 5.74) is 0.781. The number of rotatable bonds is 6. The molecule has 0 saturated heterocycles. The second-order valence-corrected chi connectivity index (χ2v) is 7.44. The van der Waals surface area contributed by atoms with Crippen LogP contribution in [0.2, 0.25) is 0 Å². The molecule has 11 heteroatoms. The van der Waals surface area contributed by atoms with Crippen molar-refractivity contribution in [2.75, 3.05) is 11.9 Å². The highest BCUT2D eigenvalue weighted by Crippen LogP contribution is 2.20. The fourth-order valence-corrected chi connectivity index (χ4v) is 3.19. The molecule has 0 aromatic heterocycles. The van der Waals surface area contributed by atoms with Crippen molar-refractivity contribution in [2.45, 2.75) is 18.7 Å². The average molecular weight is 407 g/mol. The van der Waals surface area contributed by atoms with Crippen molar-refractivity contribution in [2.24, 2.45) is 5.14 Å². The van der Waals surface area contributed by atoms with E-state index in [2.05, 4.69) is 5.32 Å². The van der Waals surface area contributed by atoms with Crippen LogP contribution in [0.5, 0.6) is 0 Å². The molecule has 0 aliphatic heterocycles. The van der Waals surface area contributed by atoms with Gasteiger partial charge in [0, 0.05) is 17.3 Å². The highest BCUT2D eigenvalue weighted by Gasteiger charge is 2.17. The molecular formula is C17H17N3O7S. The van der Waals surface area contributed by atoms with Crippen LogP contribution in [0.25, 0.3) is 0 Å². The van der Waals surface area contributed by atoms with Gasteiger partial charge in [0.2, 0.25) is 10.0 Å². The van der Waals surface area contributed by atoms with Gasteiger partial charge in [0.15, 0.2) is 6.61 Å². The van der Waals surface area contributed by atoms with E-state index in [4.69, 9.17) is 9.88 Å². The number of anilines is 1. The van der Waals surface area contributed by atoms with Crippen LogP contribution in [0.3, 0.4) is 0 Å². The van der Waals surface area contributed by atoms with Gasteiger partial charge >= 0.3 is 5.97 Å². The highest BCUT2D eigenvalue weighted by atomic mass is 32.2. The maximum Gasteiger partial charge on any atom is 0.338 e. The number of esters is 1. The molecule has 2 rings (SSSR count). The van der Waals surface area contributed by atoms with E-state index in [1.165, 1.54) is 43.3 Å². The van der Waals surface area contributed by atoms with Gasteiger partial charge in [-0.25, -0.2) is 18.4 Å².